The quantitative estimate of drug-likeness (QED) is 0.0144. The van der Waals surface area contributed by atoms with Gasteiger partial charge in [0.05, 0.1) is 78.3 Å². The maximum atomic E-state index is 13.4. The van der Waals surface area contributed by atoms with Crippen molar-refractivity contribution < 1.29 is 67.6 Å². The summed E-state index contributed by atoms with van der Waals surface area (Å²) in [5.74, 6) is 2.40. The molecule has 8 aromatic carbocycles. The van der Waals surface area contributed by atoms with Gasteiger partial charge in [0.2, 0.25) is 0 Å². The number of halogens is 2. The number of aromatic hydroxyl groups is 2. The molecule has 4 heterocycles. The average molecular weight is 1640 g/mol. The Morgan fingerprint density at radius 1 is 0.424 bits per heavy atom. The Morgan fingerprint density at radius 2 is 0.754 bits per heavy atom. The Bertz CT molecular complexity index is 5120. The summed E-state index contributed by atoms with van der Waals surface area (Å²) in [7, 11) is 18.1. The van der Waals surface area contributed by atoms with Gasteiger partial charge in [-0.05, 0) is 180 Å². The van der Waals surface area contributed by atoms with Crippen molar-refractivity contribution >= 4 is 104 Å². The number of phenolic OH excluding ortho intramolecular Hbond substituents is 2. The third-order valence-corrected chi connectivity index (χ3v) is 20.6. The summed E-state index contributed by atoms with van der Waals surface area (Å²) in [5, 5.41) is 64.0. The Labute approximate surface area is 697 Å². The second-order valence-corrected chi connectivity index (χ2v) is 29.7. The molecule has 0 radical (unpaired) electrons. The van der Waals surface area contributed by atoms with Crippen LogP contribution >= 0.6 is 23.2 Å². The number of amides is 4. The van der Waals surface area contributed by atoms with Crippen LogP contribution in [0.5, 0.6) is 23.0 Å². The number of rotatable bonds is 32. The molecule has 8 aromatic rings. The SMILES string of the molecule is CN(CCC[NH+]1C=C[N+](C)=C1N=Nc1ccc(Cl)cc1O)C(=O)c1ccc(C(=O)N(C)CCC[NH+]2C=CN(C)C2N=Nc2ccc(Cl)cc2)cc1.COc1ccc(Nc2ccc(N=NC3N(C)C=C[NH+]3CCCN(C)C(=O)c3ccc(C(=O)N(C)CCC[NH+]4C=C[N+](C)=C4N=Nc4ccc(Nc5ccc(OC)cc5)cc4O)cc3)cc2)cc1. The van der Waals surface area contributed by atoms with Crippen LogP contribution in [-0.2, 0) is 0 Å². The fraction of sp³-hybridized carbons (Fsp3) is 0.279. The average Bonchev–Trinajstić information content (AvgIpc) is 1.52. The molecule has 0 saturated heterocycles. The summed E-state index contributed by atoms with van der Waals surface area (Å²) in [6.07, 6.45) is 18.4. The molecule has 12 rings (SSSR count). The molecule has 6 atom stereocenters. The van der Waals surface area contributed by atoms with Crippen molar-refractivity contribution in [1.82, 2.24) is 29.4 Å². The summed E-state index contributed by atoms with van der Waals surface area (Å²) >= 11 is 11.9. The van der Waals surface area contributed by atoms with E-state index >= 15 is 0 Å². The zero-order valence-electron chi connectivity index (χ0n) is 67.8. The topological polar surface area (TPSA) is 293 Å². The second-order valence-electron chi connectivity index (χ2n) is 28.8. The molecule has 0 aromatic heterocycles. The predicted molar refractivity (Wildman–Crippen MR) is 454 cm³/mol. The number of ether oxygens (including phenoxy) is 2. The molecule has 4 aliphatic heterocycles. The molecule has 118 heavy (non-hydrogen) atoms. The molecule has 4 amide bonds. The zero-order chi connectivity index (χ0) is 83.8. The van der Waals surface area contributed by atoms with E-state index in [9.17, 15) is 29.4 Å². The molecule has 0 aliphatic carbocycles. The fourth-order valence-electron chi connectivity index (χ4n) is 13.2. The monoisotopic (exact) mass is 1640 g/mol. The van der Waals surface area contributed by atoms with E-state index in [0.29, 0.717) is 113 Å². The van der Waals surface area contributed by atoms with Gasteiger partial charge in [-0.1, -0.05) is 23.2 Å². The Morgan fingerprint density at radius 3 is 1.13 bits per heavy atom. The van der Waals surface area contributed by atoms with Crippen LogP contribution in [0, 0.1) is 0 Å². The van der Waals surface area contributed by atoms with Gasteiger partial charge in [-0.25, -0.2) is 0 Å². The summed E-state index contributed by atoms with van der Waals surface area (Å²) in [6.45, 7) is 5.04. The number of guanidine groups is 2. The van der Waals surface area contributed by atoms with E-state index in [4.69, 9.17) is 32.7 Å². The third-order valence-electron chi connectivity index (χ3n) is 20.1. The Balaban J connectivity index is 0.000000240. The highest BCUT2D eigenvalue weighted by atomic mass is 35.5. The largest absolute Gasteiger partial charge is 0.524 e. The summed E-state index contributed by atoms with van der Waals surface area (Å²) in [6, 6.07) is 53.7. The lowest BCUT2D eigenvalue weighted by atomic mass is 10.1. The first kappa shape index (κ1) is 86.0. The number of benzene rings is 8. The fourth-order valence-corrected chi connectivity index (χ4v) is 13.5. The molecule has 4 aliphatic rings. The molecule has 6 unspecified atom stereocenters. The molecule has 30 nitrogen and oxygen atoms in total. The summed E-state index contributed by atoms with van der Waals surface area (Å²) < 4.78 is 14.2. The van der Waals surface area contributed by atoms with Gasteiger partial charge in [0, 0.05) is 161 Å². The standard InChI is InChI=1S/C50H56N12O5.C36H40Cl2N10O3/c1-57(27-7-29-61-33-31-59(3)49(61)55-53-41-15-13-38(14-16-41)51-39-17-22-43(66-5)23-18-39)47(64)36-9-11-37(12-10-36)48(65)58(2)28-8-30-62-34-32-60(4)50(62)56-54-45-26-21-42(35-46(45)63)52-40-19-24-44(67-6)25-20-40;1-43(17-5-19-47-23-21-45(3)35(47)41-39-30-14-11-28(37)12-15-30)33(50)26-7-9-27(10-8-26)34(51)44(2)18-6-20-48-24-22-46(4)36(48)42-40-31-16-13-29(38)25-32(31)49/h9-26,31-35,49H,7-8,27-30H2,1-6H3,(H2,51,52,55,63);7-16,21-25,35H,5-6,17-20H2,1-4H3/p+6. The van der Waals surface area contributed by atoms with Crippen LogP contribution in [0.15, 0.2) is 273 Å². The lowest BCUT2D eigenvalue weighted by Crippen LogP contribution is -3.11. The van der Waals surface area contributed by atoms with E-state index in [1.807, 2.05) is 175 Å². The third kappa shape index (κ3) is 23.7. The van der Waals surface area contributed by atoms with E-state index < -0.39 is 0 Å². The minimum absolute atomic E-state index is 0.00361. The van der Waals surface area contributed by atoms with Crippen LogP contribution in [0.4, 0.5) is 45.5 Å². The highest BCUT2D eigenvalue weighted by molar-refractivity contribution is 6.31. The molecular weight excluding hydrogens is 1540 g/mol. The second kappa shape index (κ2) is 41.6. The number of methoxy groups -OCH3 is 2. The van der Waals surface area contributed by atoms with Crippen molar-refractivity contribution in [3.05, 3.63) is 264 Å². The van der Waals surface area contributed by atoms with Crippen molar-refractivity contribution in [2.24, 2.45) is 40.9 Å². The number of nitrogens with one attached hydrogen (secondary N) is 6. The number of anilines is 4. The maximum absolute atomic E-state index is 13.4. The van der Waals surface area contributed by atoms with Gasteiger partial charge in [-0.2, -0.15) is 19.0 Å². The molecule has 0 spiro atoms. The zero-order valence-corrected chi connectivity index (χ0v) is 69.3. The normalized spacial score (nSPS) is 17.4. The number of hydrogen-bond donors (Lipinski definition) is 8. The maximum Gasteiger partial charge on any atom is 0.524 e. The molecule has 32 heteroatoms. The Hall–Kier alpha value is -12.8. The van der Waals surface area contributed by atoms with Gasteiger partial charge in [0.25, 0.3) is 36.2 Å². The minimum atomic E-state index is -0.213. The first-order valence-corrected chi connectivity index (χ1v) is 39.4. The number of carbonyl (C=O) groups is 4. The lowest BCUT2D eigenvalue weighted by molar-refractivity contribution is -0.877. The molecule has 0 bridgehead atoms. The van der Waals surface area contributed by atoms with Crippen molar-refractivity contribution in [3.8, 4) is 23.0 Å². The van der Waals surface area contributed by atoms with Crippen LogP contribution in [-0.4, -0.2) is 220 Å². The van der Waals surface area contributed by atoms with Gasteiger partial charge < -0.3 is 59.7 Å². The first-order valence-electron chi connectivity index (χ1n) is 38.6. The number of azo groups is 4. The number of quaternary nitrogens is 4. The van der Waals surface area contributed by atoms with Crippen molar-refractivity contribution in [3.63, 3.8) is 0 Å². The smallest absolute Gasteiger partial charge is 0.505 e. The van der Waals surface area contributed by atoms with Crippen LogP contribution in [0.25, 0.3) is 0 Å². The molecule has 8 N–H and O–H groups in total. The summed E-state index contributed by atoms with van der Waals surface area (Å²) in [4.78, 5) is 68.1. The molecule has 612 valence electrons. The summed E-state index contributed by atoms with van der Waals surface area (Å²) in [5.41, 5.74) is 7.69. The number of phenols is 2. The highest BCUT2D eigenvalue weighted by Crippen LogP contribution is 2.33. The van der Waals surface area contributed by atoms with Crippen LogP contribution in [0.2, 0.25) is 10.0 Å². The highest BCUT2D eigenvalue weighted by Gasteiger charge is 2.34. The van der Waals surface area contributed by atoms with Gasteiger partial charge in [0.1, 0.15) is 70.4 Å². The van der Waals surface area contributed by atoms with E-state index in [0.717, 1.165) is 85.5 Å². The van der Waals surface area contributed by atoms with Crippen molar-refractivity contribution in [1.29, 1.82) is 0 Å². The van der Waals surface area contributed by atoms with E-state index in [2.05, 4.69) is 63.9 Å². The van der Waals surface area contributed by atoms with Crippen molar-refractivity contribution in [2.45, 2.75) is 38.3 Å². The number of hydrogen-bond acceptors (Lipinski definition) is 20. The van der Waals surface area contributed by atoms with Gasteiger partial charge in [-0.3, -0.25) is 29.0 Å². The van der Waals surface area contributed by atoms with Crippen LogP contribution in [0.3, 0.4) is 0 Å². The minimum Gasteiger partial charge on any atom is -0.505 e. The molecular formula is C86H102Cl2N22O8+6. The van der Waals surface area contributed by atoms with Crippen LogP contribution in [0.1, 0.15) is 67.1 Å². The molecule has 0 saturated carbocycles. The van der Waals surface area contributed by atoms with E-state index in [-0.39, 0.29) is 47.7 Å². The first-order chi connectivity index (χ1) is 57.0. The van der Waals surface area contributed by atoms with E-state index in [1.165, 1.54) is 6.07 Å². The van der Waals surface area contributed by atoms with E-state index in [1.54, 1.807) is 147 Å². The Kier molecular flexibility index (Phi) is 30.4. The van der Waals surface area contributed by atoms with Crippen LogP contribution < -0.4 is 39.7 Å². The molecule has 0 fully saturated rings. The number of carbonyl (C=O) groups excluding carboxylic acids is 4. The van der Waals surface area contributed by atoms with Gasteiger partial charge in [-0.15, -0.1) is 20.5 Å². The predicted octanol–water partition coefficient (Wildman–Crippen LogP) is 10.5. The number of nitrogens with zero attached hydrogens (tertiary/aromatic N) is 16. The lowest BCUT2D eigenvalue weighted by Gasteiger charge is -2.22. The van der Waals surface area contributed by atoms with Crippen molar-refractivity contribution in [2.75, 3.05) is 134 Å². The van der Waals surface area contributed by atoms with Gasteiger partial charge >= 0.3 is 11.9 Å². The van der Waals surface area contributed by atoms with Gasteiger partial charge in [0.15, 0.2) is 11.4 Å².